The van der Waals surface area contributed by atoms with Gasteiger partial charge in [0.25, 0.3) is 0 Å². The summed E-state index contributed by atoms with van der Waals surface area (Å²) in [4.78, 5) is 0. The number of methoxy groups -OCH3 is 2. The van der Waals surface area contributed by atoms with E-state index in [1.54, 1.807) is 39.5 Å². The molecule has 0 aliphatic rings. The summed E-state index contributed by atoms with van der Waals surface area (Å²) < 4.78 is 15.9. The van der Waals surface area contributed by atoms with Crippen LogP contribution in [0.4, 0.5) is 0 Å². The Morgan fingerprint density at radius 2 is 1.91 bits per heavy atom. The number of nitrogens with one attached hydrogen (secondary N) is 1. The highest BCUT2D eigenvalue weighted by Crippen LogP contribution is 2.30. The molecule has 22 heavy (non-hydrogen) atoms. The molecule has 0 aliphatic carbocycles. The van der Waals surface area contributed by atoms with Crippen LogP contribution in [-0.2, 0) is 12.1 Å². The molecule has 2 rings (SSSR count). The number of furan rings is 1. The van der Waals surface area contributed by atoms with Gasteiger partial charge in [-0.2, -0.15) is 0 Å². The van der Waals surface area contributed by atoms with Crippen LogP contribution in [0.5, 0.6) is 11.5 Å². The second-order valence-electron chi connectivity index (χ2n) is 5.49. The molecule has 0 amide bonds. The quantitative estimate of drug-likeness (QED) is 0.823. The van der Waals surface area contributed by atoms with Crippen LogP contribution in [-0.4, -0.2) is 25.9 Å². The van der Waals surface area contributed by atoms with E-state index in [1.165, 1.54) is 0 Å². The van der Waals surface area contributed by atoms with Crippen LogP contribution in [0.2, 0.25) is 0 Å². The van der Waals surface area contributed by atoms with Crippen LogP contribution in [0, 0.1) is 6.92 Å². The van der Waals surface area contributed by atoms with Gasteiger partial charge >= 0.3 is 0 Å². The number of hydrogen-bond donors (Lipinski definition) is 2. The smallest absolute Gasteiger partial charge is 0.161 e. The lowest BCUT2D eigenvalue weighted by atomic mass is 10.0. The van der Waals surface area contributed by atoms with Gasteiger partial charge in [-0.25, -0.2) is 0 Å². The van der Waals surface area contributed by atoms with Crippen LogP contribution in [0.1, 0.15) is 23.8 Å². The summed E-state index contributed by atoms with van der Waals surface area (Å²) in [6.07, 6.45) is 1.56. The first-order valence-corrected chi connectivity index (χ1v) is 7.16. The molecule has 1 aromatic carbocycles. The fourth-order valence-corrected chi connectivity index (χ4v) is 2.33. The zero-order valence-corrected chi connectivity index (χ0v) is 13.5. The van der Waals surface area contributed by atoms with Crippen LogP contribution in [0.15, 0.2) is 34.9 Å². The Labute approximate surface area is 130 Å². The van der Waals surface area contributed by atoms with Crippen LogP contribution in [0.25, 0.3) is 0 Å². The Hall–Kier alpha value is -1.98. The predicted octanol–water partition coefficient (Wildman–Crippen LogP) is 2.60. The van der Waals surface area contributed by atoms with Crippen molar-refractivity contribution in [1.29, 1.82) is 0 Å². The van der Waals surface area contributed by atoms with Gasteiger partial charge in [-0.3, -0.25) is 0 Å². The molecule has 2 aromatic rings. The van der Waals surface area contributed by atoms with E-state index in [1.807, 2.05) is 19.1 Å². The van der Waals surface area contributed by atoms with Gasteiger partial charge in [-0.05, 0) is 49.2 Å². The summed E-state index contributed by atoms with van der Waals surface area (Å²) in [5, 5.41) is 13.7. The SMILES string of the molecule is COc1cc(C)c(CNCC(C)(O)c2ccco2)cc1OC. The maximum absolute atomic E-state index is 10.4. The molecule has 0 saturated carbocycles. The summed E-state index contributed by atoms with van der Waals surface area (Å²) >= 11 is 0. The van der Waals surface area contributed by atoms with Gasteiger partial charge in [-0.15, -0.1) is 0 Å². The van der Waals surface area contributed by atoms with Crippen molar-refractivity contribution in [2.75, 3.05) is 20.8 Å². The average Bonchev–Trinajstić information content (AvgIpc) is 3.03. The normalized spacial score (nSPS) is 13.7. The van der Waals surface area contributed by atoms with E-state index in [-0.39, 0.29) is 0 Å². The van der Waals surface area contributed by atoms with Gasteiger partial charge in [0.2, 0.25) is 0 Å². The van der Waals surface area contributed by atoms with E-state index in [9.17, 15) is 5.11 Å². The van der Waals surface area contributed by atoms with Crippen LogP contribution < -0.4 is 14.8 Å². The number of aryl methyl sites for hydroxylation is 1. The molecule has 0 aliphatic heterocycles. The van der Waals surface area contributed by atoms with Crippen LogP contribution in [0.3, 0.4) is 0 Å². The van der Waals surface area contributed by atoms with Crippen molar-refractivity contribution in [3.05, 3.63) is 47.4 Å². The third kappa shape index (κ3) is 3.61. The van der Waals surface area contributed by atoms with E-state index in [0.29, 0.717) is 30.3 Å². The summed E-state index contributed by atoms with van der Waals surface area (Å²) in [6.45, 7) is 4.74. The molecular weight excluding hydrogens is 282 g/mol. The highest BCUT2D eigenvalue weighted by molar-refractivity contribution is 5.47. The van der Waals surface area contributed by atoms with Crippen molar-refractivity contribution in [2.24, 2.45) is 0 Å². The number of aliphatic hydroxyl groups is 1. The fraction of sp³-hybridized carbons (Fsp3) is 0.412. The molecular formula is C17H23NO4. The molecule has 0 bridgehead atoms. The average molecular weight is 305 g/mol. The molecule has 0 fully saturated rings. The first-order valence-electron chi connectivity index (χ1n) is 7.16. The van der Waals surface area contributed by atoms with Crippen molar-refractivity contribution in [2.45, 2.75) is 26.0 Å². The maximum atomic E-state index is 10.4. The minimum Gasteiger partial charge on any atom is -0.493 e. The monoisotopic (exact) mass is 305 g/mol. The number of ether oxygens (including phenoxy) is 2. The number of hydrogen-bond acceptors (Lipinski definition) is 5. The molecule has 0 radical (unpaired) electrons. The molecule has 1 atom stereocenters. The van der Waals surface area contributed by atoms with Crippen molar-refractivity contribution < 1.29 is 19.0 Å². The van der Waals surface area contributed by atoms with Gasteiger partial charge in [0.05, 0.1) is 20.5 Å². The number of benzene rings is 1. The Morgan fingerprint density at radius 3 is 2.50 bits per heavy atom. The molecule has 1 unspecified atom stereocenters. The zero-order valence-electron chi connectivity index (χ0n) is 13.5. The lowest BCUT2D eigenvalue weighted by Crippen LogP contribution is -2.34. The molecule has 120 valence electrons. The Balaban J connectivity index is 2.03. The standard InChI is InChI=1S/C17H23NO4/c1-12-8-14(20-3)15(21-4)9-13(12)10-18-11-17(2,19)16-6-5-7-22-16/h5-9,18-19H,10-11H2,1-4H3. The van der Waals surface area contributed by atoms with Crippen LogP contribution >= 0.6 is 0 Å². The summed E-state index contributed by atoms with van der Waals surface area (Å²) in [7, 11) is 3.24. The topological polar surface area (TPSA) is 63.9 Å². The lowest BCUT2D eigenvalue weighted by molar-refractivity contribution is 0.0340. The molecule has 5 heteroatoms. The van der Waals surface area contributed by atoms with Crippen molar-refractivity contribution in [1.82, 2.24) is 5.32 Å². The summed E-state index contributed by atoms with van der Waals surface area (Å²) in [5.74, 6) is 1.96. The first kappa shape index (κ1) is 16.4. The highest BCUT2D eigenvalue weighted by Gasteiger charge is 2.25. The van der Waals surface area contributed by atoms with E-state index >= 15 is 0 Å². The minimum atomic E-state index is -1.05. The van der Waals surface area contributed by atoms with E-state index in [4.69, 9.17) is 13.9 Å². The molecule has 5 nitrogen and oxygen atoms in total. The lowest BCUT2D eigenvalue weighted by Gasteiger charge is -2.22. The van der Waals surface area contributed by atoms with Gasteiger partial charge in [-0.1, -0.05) is 0 Å². The van der Waals surface area contributed by atoms with Gasteiger partial charge in [0.15, 0.2) is 11.5 Å². The van der Waals surface area contributed by atoms with Crippen molar-refractivity contribution in [3.8, 4) is 11.5 Å². The van der Waals surface area contributed by atoms with E-state index in [2.05, 4.69) is 5.32 Å². The van der Waals surface area contributed by atoms with Gasteiger partial charge < -0.3 is 24.3 Å². The Bertz CT molecular complexity index is 605. The molecule has 0 spiro atoms. The second kappa shape index (κ2) is 6.85. The molecule has 1 heterocycles. The fourth-order valence-electron chi connectivity index (χ4n) is 2.33. The predicted molar refractivity (Wildman–Crippen MR) is 84.3 cm³/mol. The van der Waals surface area contributed by atoms with Crippen molar-refractivity contribution >= 4 is 0 Å². The minimum absolute atomic E-state index is 0.383. The third-order valence-corrected chi connectivity index (χ3v) is 3.68. The zero-order chi connectivity index (χ0) is 16.2. The summed E-state index contributed by atoms with van der Waals surface area (Å²) in [6, 6.07) is 7.43. The molecule has 1 aromatic heterocycles. The molecule has 2 N–H and O–H groups in total. The Morgan fingerprint density at radius 1 is 1.23 bits per heavy atom. The van der Waals surface area contributed by atoms with E-state index < -0.39 is 5.60 Å². The maximum Gasteiger partial charge on any atom is 0.161 e. The second-order valence-corrected chi connectivity index (χ2v) is 5.49. The first-order chi connectivity index (χ1) is 10.5. The van der Waals surface area contributed by atoms with Gasteiger partial charge in [0, 0.05) is 13.1 Å². The molecule has 0 saturated heterocycles. The van der Waals surface area contributed by atoms with E-state index in [0.717, 1.165) is 11.1 Å². The Kier molecular flexibility index (Phi) is 5.11. The van der Waals surface area contributed by atoms with Crippen molar-refractivity contribution in [3.63, 3.8) is 0 Å². The number of rotatable bonds is 7. The highest BCUT2D eigenvalue weighted by atomic mass is 16.5. The summed E-state index contributed by atoms with van der Waals surface area (Å²) in [5.41, 5.74) is 1.14. The largest absolute Gasteiger partial charge is 0.493 e. The van der Waals surface area contributed by atoms with Gasteiger partial charge in [0.1, 0.15) is 11.4 Å². The third-order valence-electron chi connectivity index (χ3n) is 3.68.